The van der Waals surface area contributed by atoms with Gasteiger partial charge in [0.1, 0.15) is 12.4 Å². The van der Waals surface area contributed by atoms with Crippen LogP contribution in [0.4, 0.5) is 10.1 Å². The molecule has 1 saturated heterocycles. The van der Waals surface area contributed by atoms with Gasteiger partial charge in [0.25, 0.3) is 0 Å². The lowest BCUT2D eigenvalue weighted by Crippen LogP contribution is -2.34. The first-order chi connectivity index (χ1) is 9.13. The molecule has 0 radical (unpaired) electrons. The molecule has 0 saturated carbocycles. The summed E-state index contributed by atoms with van der Waals surface area (Å²) in [5.41, 5.74) is 0.337. The van der Waals surface area contributed by atoms with Crippen LogP contribution in [0.5, 0.6) is 0 Å². The second kappa shape index (κ2) is 6.84. The van der Waals surface area contributed by atoms with Gasteiger partial charge in [-0.05, 0) is 44.1 Å². The average molecular weight is 287 g/mol. The minimum Gasteiger partial charge on any atom is -0.368 e. The van der Waals surface area contributed by atoms with Crippen molar-refractivity contribution in [3.63, 3.8) is 0 Å². The molecule has 2 rings (SSSR count). The minimum atomic E-state index is -0.484. The Morgan fingerprint density at radius 3 is 2.84 bits per heavy atom. The molecule has 1 heterocycles. The van der Waals surface area contributed by atoms with E-state index in [-0.39, 0.29) is 23.6 Å². The third-order valence-electron chi connectivity index (χ3n) is 2.88. The number of amides is 1. The standard InChI is InChI=1S/C13H16ClFN2O2/c14-9-5-10(15)7-11(6-9)17-13(18)8-19-12-1-3-16-4-2-12/h5-7,12,16H,1-4,8H2,(H,17,18). The number of hydrogen-bond acceptors (Lipinski definition) is 3. The van der Waals surface area contributed by atoms with Gasteiger partial charge >= 0.3 is 0 Å². The van der Waals surface area contributed by atoms with Crippen molar-refractivity contribution >= 4 is 23.2 Å². The molecule has 1 aromatic rings. The zero-order valence-corrected chi connectivity index (χ0v) is 11.2. The molecule has 0 atom stereocenters. The van der Waals surface area contributed by atoms with E-state index < -0.39 is 5.82 Å². The van der Waals surface area contributed by atoms with Gasteiger partial charge in [0.2, 0.25) is 5.91 Å². The van der Waals surface area contributed by atoms with E-state index in [0.29, 0.717) is 5.69 Å². The van der Waals surface area contributed by atoms with Crippen LogP contribution in [0.1, 0.15) is 12.8 Å². The highest BCUT2D eigenvalue weighted by molar-refractivity contribution is 6.30. The van der Waals surface area contributed by atoms with Crippen LogP contribution in [-0.4, -0.2) is 31.7 Å². The SMILES string of the molecule is O=C(COC1CCNCC1)Nc1cc(F)cc(Cl)c1. The second-order valence-corrected chi connectivity index (χ2v) is 4.90. The fourth-order valence-corrected chi connectivity index (χ4v) is 2.20. The van der Waals surface area contributed by atoms with Crippen molar-refractivity contribution in [2.75, 3.05) is 25.0 Å². The van der Waals surface area contributed by atoms with Gasteiger partial charge in [0.15, 0.2) is 0 Å². The minimum absolute atomic E-state index is 0.0290. The van der Waals surface area contributed by atoms with Crippen molar-refractivity contribution in [3.8, 4) is 0 Å². The highest BCUT2D eigenvalue weighted by Gasteiger charge is 2.15. The summed E-state index contributed by atoms with van der Waals surface area (Å²) in [5, 5.41) is 6.02. The van der Waals surface area contributed by atoms with Crippen LogP contribution in [-0.2, 0) is 9.53 Å². The van der Waals surface area contributed by atoms with Gasteiger partial charge in [-0.25, -0.2) is 4.39 Å². The molecule has 0 spiro atoms. The van der Waals surface area contributed by atoms with Crippen LogP contribution in [0.3, 0.4) is 0 Å². The van der Waals surface area contributed by atoms with E-state index in [2.05, 4.69) is 10.6 Å². The first-order valence-electron chi connectivity index (χ1n) is 6.22. The second-order valence-electron chi connectivity index (χ2n) is 4.47. The van der Waals surface area contributed by atoms with E-state index in [0.717, 1.165) is 25.9 Å². The number of rotatable bonds is 4. The van der Waals surface area contributed by atoms with E-state index in [9.17, 15) is 9.18 Å². The predicted octanol–water partition coefficient (Wildman–Crippen LogP) is 2.19. The molecule has 1 aromatic carbocycles. The van der Waals surface area contributed by atoms with Crippen molar-refractivity contribution < 1.29 is 13.9 Å². The fourth-order valence-electron chi connectivity index (χ4n) is 1.98. The Bertz CT molecular complexity index is 430. The number of ether oxygens (including phenoxy) is 1. The molecular formula is C13H16ClFN2O2. The quantitative estimate of drug-likeness (QED) is 0.892. The van der Waals surface area contributed by atoms with Crippen molar-refractivity contribution in [3.05, 3.63) is 29.0 Å². The smallest absolute Gasteiger partial charge is 0.250 e. The molecule has 2 N–H and O–H groups in total. The first kappa shape index (κ1) is 14.2. The molecule has 0 unspecified atom stereocenters. The van der Waals surface area contributed by atoms with Crippen molar-refractivity contribution in [2.45, 2.75) is 18.9 Å². The molecule has 0 aliphatic carbocycles. The lowest BCUT2D eigenvalue weighted by Gasteiger charge is -2.22. The highest BCUT2D eigenvalue weighted by atomic mass is 35.5. The molecular weight excluding hydrogens is 271 g/mol. The van der Waals surface area contributed by atoms with Gasteiger partial charge in [-0.1, -0.05) is 11.6 Å². The summed E-state index contributed by atoms with van der Waals surface area (Å²) in [7, 11) is 0. The van der Waals surface area contributed by atoms with Crippen molar-refractivity contribution in [1.29, 1.82) is 0 Å². The number of carbonyl (C=O) groups is 1. The fraction of sp³-hybridized carbons (Fsp3) is 0.462. The molecule has 19 heavy (non-hydrogen) atoms. The number of benzene rings is 1. The average Bonchev–Trinajstić information content (AvgIpc) is 2.36. The van der Waals surface area contributed by atoms with E-state index in [1.807, 2.05) is 0 Å². The zero-order valence-electron chi connectivity index (χ0n) is 10.4. The third kappa shape index (κ3) is 4.78. The Balaban J connectivity index is 1.80. The number of anilines is 1. The van der Waals surface area contributed by atoms with Crippen LogP contribution < -0.4 is 10.6 Å². The molecule has 1 amide bonds. The molecule has 0 bridgehead atoms. The van der Waals surface area contributed by atoms with E-state index >= 15 is 0 Å². The number of piperidine rings is 1. The van der Waals surface area contributed by atoms with Gasteiger partial charge in [-0.3, -0.25) is 4.79 Å². The summed E-state index contributed by atoms with van der Waals surface area (Å²) >= 11 is 5.70. The van der Waals surface area contributed by atoms with Gasteiger partial charge in [0.05, 0.1) is 6.10 Å². The molecule has 4 nitrogen and oxygen atoms in total. The number of carbonyl (C=O) groups excluding carboxylic acids is 1. The summed E-state index contributed by atoms with van der Waals surface area (Å²) in [4.78, 5) is 11.7. The molecule has 6 heteroatoms. The Labute approximate surface area is 116 Å². The first-order valence-corrected chi connectivity index (χ1v) is 6.59. The maximum Gasteiger partial charge on any atom is 0.250 e. The van der Waals surface area contributed by atoms with Crippen molar-refractivity contribution in [1.82, 2.24) is 5.32 Å². The Kier molecular flexibility index (Phi) is 5.13. The molecule has 0 aromatic heterocycles. The normalized spacial score (nSPS) is 16.3. The lowest BCUT2D eigenvalue weighted by molar-refractivity contribution is -0.123. The zero-order chi connectivity index (χ0) is 13.7. The maximum atomic E-state index is 13.1. The van der Waals surface area contributed by atoms with E-state index in [1.54, 1.807) is 0 Å². The molecule has 104 valence electrons. The van der Waals surface area contributed by atoms with E-state index in [4.69, 9.17) is 16.3 Å². The summed E-state index contributed by atoms with van der Waals surface area (Å²) in [6.07, 6.45) is 1.92. The third-order valence-corrected chi connectivity index (χ3v) is 3.10. The summed E-state index contributed by atoms with van der Waals surface area (Å²) < 4.78 is 18.6. The monoisotopic (exact) mass is 286 g/mol. The van der Waals surface area contributed by atoms with Gasteiger partial charge in [-0.15, -0.1) is 0 Å². The van der Waals surface area contributed by atoms with Gasteiger partial charge in [0, 0.05) is 10.7 Å². The van der Waals surface area contributed by atoms with Gasteiger partial charge < -0.3 is 15.4 Å². The summed E-state index contributed by atoms with van der Waals surface area (Å²) in [5.74, 6) is -0.790. The molecule has 1 fully saturated rings. The largest absolute Gasteiger partial charge is 0.368 e. The van der Waals surface area contributed by atoms with Crippen LogP contribution >= 0.6 is 11.6 Å². The number of nitrogens with one attached hydrogen (secondary N) is 2. The number of hydrogen-bond donors (Lipinski definition) is 2. The van der Waals surface area contributed by atoms with Gasteiger partial charge in [-0.2, -0.15) is 0 Å². The Morgan fingerprint density at radius 1 is 1.42 bits per heavy atom. The van der Waals surface area contributed by atoms with Crippen LogP contribution in [0.25, 0.3) is 0 Å². The number of halogens is 2. The molecule has 1 aliphatic rings. The maximum absolute atomic E-state index is 13.1. The lowest BCUT2D eigenvalue weighted by atomic mass is 10.1. The summed E-state index contributed by atoms with van der Waals surface area (Å²) in [6.45, 7) is 1.79. The van der Waals surface area contributed by atoms with Crippen molar-refractivity contribution in [2.24, 2.45) is 0 Å². The summed E-state index contributed by atoms with van der Waals surface area (Å²) in [6, 6.07) is 3.89. The Hall–Kier alpha value is -1.17. The van der Waals surface area contributed by atoms with E-state index in [1.165, 1.54) is 18.2 Å². The highest BCUT2D eigenvalue weighted by Crippen LogP contribution is 2.18. The van der Waals surface area contributed by atoms with Crippen LogP contribution in [0, 0.1) is 5.82 Å². The van der Waals surface area contributed by atoms with Crippen LogP contribution in [0.15, 0.2) is 18.2 Å². The van der Waals surface area contributed by atoms with Crippen LogP contribution in [0.2, 0.25) is 5.02 Å². The predicted molar refractivity (Wildman–Crippen MR) is 71.9 cm³/mol. The molecule has 1 aliphatic heterocycles. The topological polar surface area (TPSA) is 50.4 Å². The Morgan fingerprint density at radius 2 is 2.16 bits per heavy atom.